The summed E-state index contributed by atoms with van der Waals surface area (Å²) in [5.74, 6) is 0.492. The molecule has 2 aliphatic rings. The van der Waals surface area contributed by atoms with Crippen LogP contribution in [0.5, 0.6) is 0 Å². The first-order valence-corrected chi connectivity index (χ1v) is 4.54. The Kier molecular flexibility index (Phi) is 1.31. The predicted molar refractivity (Wildman–Crippen MR) is 44.6 cm³/mol. The SMILES string of the molecule is CC1(C)C(=O)[C@@H]2CC[C@]1(C=O)C2. The van der Waals surface area contributed by atoms with Crippen LogP contribution in [-0.4, -0.2) is 12.1 Å². The Morgan fingerprint density at radius 2 is 2.17 bits per heavy atom. The summed E-state index contributed by atoms with van der Waals surface area (Å²) in [7, 11) is 0. The second-order valence-electron chi connectivity index (χ2n) is 4.70. The largest absolute Gasteiger partial charge is 0.303 e. The van der Waals surface area contributed by atoms with Crippen molar-refractivity contribution in [1.29, 1.82) is 0 Å². The molecule has 0 unspecified atom stereocenters. The lowest BCUT2D eigenvalue weighted by molar-refractivity contribution is -0.137. The van der Waals surface area contributed by atoms with Crippen LogP contribution in [0.3, 0.4) is 0 Å². The van der Waals surface area contributed by atoms with E-state index in [-0.39, 0.29) is 11.3 Å². The van der Waals surface area contributed by atoms with E-state index in [1.54, 1.807) is 0 Å². The number of rotatable bonds is 1. The van der Waals surface area contributed by atoms with Crippen LogP contribution in [-0.2, 0) is 9.59 Å². The molecule has 66 valence electrons. The van der Waals surface area contributed by atoms with Gasteiger partial charge in [-0.05, 0) is 19.3 Å². The Hall–Kier alpha value is -0.660. The van der Waals surface area contributed by atoms with E-state index in [2.05, 4.69) is 0 Å². The highest BCUT2D eigenvalue weighted by atomic mass is 16.1. The van der Waals surface area contributed by atoms with Crippen LogP contribution in [0.25, 0.3) is 0 Å². The zero-order valence-electron chi connectivity index (χ0n) is 7.59. The van der Waals surface area contributed by atoms with Crippen molar-refractivity contribution in [2.24, 2.45) is 16.7 Å². The van der Waals surface area contributed by atoms with Gasteiger partial charge in [-0.15, -0.1) is 0 Å². The molecule has 0 heterocycles. The summed E-state index contributed by atoms with van der Waals surface area (Å²) in [4.78, 5) is 22.7. The van der Waals surface area contributed by atoms with Gasteiger partial charge in [-0.3, -0.25) is 4.79 Å². The van der Waals surface area contributed by atoms with Crippen molar-refractivity contribution >= 4 is 12.1 Å². The van der Waals surface area contributed by atoms with Crippen molar-refractivity contribution in [2.45, 2.75) is 33.1 Å². The zero-order chi connectivity index (χ0) is 8.98. The molecule has 0 saturated heterocycles. The molecule has 2 bridgehead atoms. The molecular formula is C10H14O2. The summed E-state index contributed by atoms with van der Waals surface area (Å²) >= 11 is 0. The molecule has 0 N–H and O–H groups in total. The molecule has 0 radical (unpaired) electrons. The molecule has 0 aromatic heterocycles. The van der Waals surface area contributed by atoms with Crippen molar-refractivity contribution in [3.8, 4) is 0 Å². The summed E-state index contributed by atoms with van der Waals surface area (Å²) in [5.41, 5.74) is -0.702. The number of fused-ring (bicyclic) bond motifs is 2. The molecule has 2 rings (SSSR count). The van der Waals surface area contributed by atoms with Crippen LogP contribution in [0.15, 0.2) is 0 Å². The van der Waals surface area contributed by atoms with Gasteiger partial charge in [0.2, 0.25) is 0 Å². The van der Waals surface area contributed by atoms with E-state index in [1.165, 1.54) is 0 Å². The monoisotopic (exact) mass is 166 g/mol. The molecule has 2 saturated carbocycles. The number of Topliss-reactive ketones (excluding diaryl/α,β-unsaturated/α-hetero) is 1. The van der Waals surface area contributed by atoms with Gasteiger partial charge in [0.05, 0.1) is 0 Å². The maximum atomic E-state index is 11.7. The van der Waals surface area contributed by atoms with Crippen molar-refractivity contribution in [3.05, 3.63) is 0 Å². The quantitative estimate of drug-likeness (QED) is 0.554. The normalized spacial score (nSPS) is 43.5. The molecule has 0 aromatic carbocycles. The molecule has 0 spiro atoms. The highest BCUT2D eigenvalue weighted by Gasteiger charge is 2.62. The zero-order valence-corrected chi connectivity index (χ0v) is 7.59. The average Bonchev–Trinajstić information content (AvgIpc) is 2.53. The summed E-state index contributed by atoms with van der Waals surface area (Å²) < 4.78 is 0. The molecule has 2 heteroatoms. The third-order valence-electron chi connectivity index (χ3n) is 4.01. The maximum Gasteiger partial charge on any atom is 0.142 e. The second-order valence-corrected chi connectivity index (χ2v) is 4.70. The lowest BCUT2D eigenvalue weighted by Gasteiger charge is -2.35. The standard InChI is InChI=1S/C10H14O2/c1-9(2)8(12)7-3-4-10(9,5-7)6-11/h6-7H,3-5H2,1-2H3/t7-,10-/m1/s1. The van der Waals surface area contributed by atoms with Gasteiger partial charge in [0.1, 0.15) is 12.1 Å². The van der Waals surface area contributed by atoms with Gasteiger partial charge in [0.15, 0.2) is 0 Å². The Bertz CT molecular complexity index is 255. The molecular weight excluding hydrogens is 152 g/mol. The van der Waals surface area contributed by atoms with Crippen LogP contribution in [0.4, 0.5) is 0 Å². The number of carbonyl (C=O) groups is 2. The Morgan fingerprint density at radius 1 is 1.50 bits per heavy atom. The molecule has 2 fully saturated rings. The van der Waals surface area contributed by atoms with Gasteiger partial charge >= 0.3 is 0 Å². The fourth-order valence-corrected chi connectivity index (χ4v) is 2.88. The van der Waals surface area contributed by atoms with Gasteiger partial charge in [0, 0.05) is 16.7 Å². The van der Waals surface area contributed by atoms with Crippen molar-refractivity contribution in [2.75, 3.05) is 0 Å². The molecule has 0 aromatic rings. The topological polar surface area (TPSA) is 34.1 Å². The van der Waals surface area contributed by atoms with E-state index in [9.17, 15) is 9.59 Å². The van der Waals surface area contributed by atoms with Crippen molar-refractivity contribution < 1.29 is 9.59 Å². The lowest BCUT2D eigenvalue weighted by atomic mass is 9.65. The maximum absolute atomic E-state index is 11.7. The van der Waals surface area contributed by atoms with Crippen LogP contribution >= 0.6 is 0 Å². The van der Waals surface area contributed by atoms with Crippen LogP contribution in [0, 0.1) is 16.7 Å². The fraction of sp³-hybridized carbons (Fsp3) is 0.800. The van der Waals surface area contributed by atoms with Gasteiger partial charge in [-0.25, -0.2) is 0 Å². The number of ketones is 1. The highest BCUT2D eigenvalue weighted by Crippen LogP contribution is 2.60. The number of hydrogen-bond acceptors (Lipinski definition) is 2. The first-order chi connectivity index (χ1) is 5.53. The minimum atomic E-state index is -0.391. The smallest absolute Gasteiger partial charge is 0.142 e. The van der Waals surface area contributed by atoms with E-state index < -0.39 is 5.41 Å². The number of aldehydes is 1. The first-order valence-electron chi connectivity index (χ1n) is 4.54. The van der Waals surface area contributed by atoms with E-state index >= 15 is 0 Å². The minimum absolute atomic E-state index is 0.185. The number of carbonyl (C=O) groups excluding carboxylic acids is 2. The average molecular weight is 166 g/mol. The predicted octanol–water partition coefficient (Wildman–Crippen LogP) is 1.58. The van der Waals surface area contributed by atoms with Crippen molar-refractivity contribution in [3.63, 3.8) is 0 Å². The van der Waals surface area contributed by atoms with E-state index in [4.69, 9.17) is 0 Å². The summed E-state index contributed by atoms with van der Waals surface area (Å²) in [6.07, 6.45) is 3.68. The molecule has 2 atom stereocenters. The fourth-order valence-electron chi connectivity index (χ4n) is 2.88. The van der Waals surface area contributed by atoms with Crippen LogP contribution in [0.2, 0.25) is 0 Å². The summed E-state index contributed by atoms with van der Waals surface area (Å²) in [6.45, 7) is 3.84. The summed E-state index contributed by atoms with van der Waals surface area (Å²) in [6, 6.07) is 0. The molecule has 12 heavy (non-hydrogen) atoms. The van der Waals surface area contributed by atoms with Gasteiger partial charge in [-0.1, -0.05) is 13.8 Å². The summed E-state index contributed by atoms with van der Waals surface area (Å²) in [5, 5.41) is 0. The third kappa shape index (κ3) is 0.621. The molecule has 2 nitrogen and oxygen atoms in total. The second kappa shape index (κ2) is 1.98. The lowest BCUT2D eigenvalue weighted by Crippen LogP contribution is -2.40. The Labute approximate surface area is 72.3 Å². The van der Waals surface area contributed by atoms with E-state index in [1.807, 2.05) is 13.8 Å². The Balaban J connectivity index is 2.48. The van der Waals surface area contributed by atoms with Crippen LogP contribution in [0.1, 0.15) is 33.1 Å². The third-order valence-corrected chi connectivity index (χ3v) is 4.01. The Morgan fingerprint density at radius 3 is 2.50 bits per heavy atom. The molecule has 0 aliphatic heterocycles. The van der Waals surface area contributed by atoms with Crippen LogP contribution < -0.4 is 0 Å². The van der Waals surface area contributed by atoms with Gasteiger partial charge in [-0.2, -0.15) is 0 Å². The highest BCUT2D eigenvalue weighted by molar-refractivity contribution is 5.95. The molecule has 0 amide bonds. The molecule has 2 aliphatic carbocycles. The van der Waals surface area contributed by atoms with Crippen molar-refractivity contribution in [1.82, 2.24) is 0 Å². The van der Waals surface area contributed by atoms with Gasteiger partial charge in [0.25, 0.3) is 0 Å². The minimum Gasteiger partial charge on any atom is -0.303 e. The van der Waals surface area contributed by atoms with Gasteiger partial charge < -0.3 is 4.79 Å². The van der Waals surface area contributed by atoms with E-state index in [0.717, 1.165) is 25.5 Å². The van der Waals surface area contributed by atoms with E-state index in [0.29, 0.717) is 5.78 Å². The first kappa shape index (κ1) is 7.96. The number of hydrogen-bond donors (Lipinski definition) is 0.